The summed E-state index contributed by atoms with van der Waals surface area (Å²) in [6.45, 7) is 2.73. The second-order valence-electron chi connectivity index (χ2n) is 5.28. The number of benzene rings is 1. The monoisotopic (exact) mass is 277 g/mol. The molecule has 0 saturated carbocycles. The fraction of sp³-hybridized carbons (Fsp3) is 0.533. The largest absolute Gasteiger partial charge is 0.497 e. The van der Waals surface area contributed by atoms with Crippen LogP contribution in [0.4, 0.5) is 10.5 Å². The van der Waals surface area contributed by atoms with Gasteiger partial charge < -0.3 is 20.7 Å². The average Bonchev–Trinajstić information content (AvgIpc) is 2.47. The molecule has 5 nitrogen and oxygen atoms in total. The van der Waals surface area contributed by atoms with Gasteiger partial charge >= 0.3 is 6.03 Å². The number of carbonyl (C=O) groups is 1. The Morgan fingerprint density at radius 1 is 1.50 bits per heavy atom. The first-order valence-corrected chi connectivity index (χ1v) is 7.09. The first-order chi connectivity index (χ1) is 9.61. The van der Waals surface area contributed by atoms with Crippen LogP contribution in [0.25, 0.3) is 0 Å². The van der Waals surface area contributed by atoms with Gasteiger partial charge in [-0.2, -0.15) is 0 Å². The lowest BCUT2D eigenvalue weighted by atomic mass is 9.97. The van der Waals surface area contributed by atoms with Gasteiger partial charge in [0.05, 0.1) is 7.11 Å². The molecule has 1 aliphatic heterocycles. The lowest BCUT2D eigenvalue weighted by Gasteiger charge is -2.37. The Hall–Kier alpha value is -1.75. The van der Waals surface area contributed by atoms with E-state index in [2.05, 4.69) is 5.32 Å². The van der Waals surface area contributed by atoms with Crippen LogP contribution in [-0.4, -0.2) is 36.7 Å². The minimum atomic E-state index is -0.0831. The molecular weight excluding hydrogens is 254 g/mol. The second-order valence-corrected chi connectivity index (χ2v) is 5.28. The summed E-state index contributed by atoms with van der Waals surface area (Å²) in [5.41, 5.74) is 6.73. The van der Waals surface area contributed by atoms with E-state index in [1.165, 1.54) is 0 Å². The molecule has 1 aromatic carbocycles. The van der Waals surface area contributed by atoms with Gasteiger partial charge in [-0.05, 0) is 38.3 Å². The Labute approximate surface area is 120 Å². The molecule has 110 valence electrons. The summed E-state index contributed by atoms with van der Waals surface area (Å²) < 4.78 is 5.16. The van der Waals surface area contributed by atoms with Crippen molar-refractivity contribution in [3.05, 3.63) is 24.3 Å². The molecule has 0 spiro atoms. The molecule has 20 heavy (non-hydrogen) atoms. The van der Waals surface area contributed by atoms with Crippen molar-refractivity contribution in [1.29, 1.82) is 0 Å². The number of nitrogens with zero attached hydrogens (tertiary/aromatic N) is 1. The number of ether oxygens (including phenoxy) is 1. The molecule has 1 aliphatic rings. The lowest BCUT2D eigenvalue weighted by molar-refractivity contribution is 0.151. The van der Waals surface area contributed by atoms with Crippen LogP contribution in [0.1, 0.15) is 26.2 Å². The number of nitrogens with one attached hydrogen (secondary N) is 1. The minimum absolute atomic E-state index is 0.00800. The van der Waals surface area contributed by atoms with Gasteiger partial charge in [0.15, 0.2) is 0 Å². The van der Waals surface area contributed by atoms with E-state index < -0.39 is 0 Å². The van der Waals surface area contributed by atoms with Crippen LogP contribution in [-0.2, 0) is 0 Å². The Kier molecular flexibility index (Phi) is 4.84. The van der Waals surface area contributed by atoms with Gasteiger partial charge in [0.25, 0.3) is 0 Å². The molecule has 3 N–H and O–H groups in total. The van der Waals surface area contributed by atoms with Crippen molar-refractivity contribution in [1.82, 2.24) is 4.90 Å². The molecule has 1 heterocycles. The number of anilines is 1. The van der Waals surface area contributed by atoms with E-state index in [0.717, 1.165) is 37.2 Å². The standard InChI is InChI=1S/C15H23N3O2/c1-11(16)14-8-3-4-9-18(14)15(19)17-12-6-5-7-13(10-12)20-2/h5-7,10-11,14H,3-4,8-9,16H2,1-2H3,(H,17,19). The number of amides is 2. The number of hydrogen-bond donors (Lipinski definition) is 2. The van der Waals surface area contributed by atoms with Crippen LogP contribution in [0.2, 0.25) is 0 Å². The third kappa shape index (κ3) is 3.42. The van der Waals surface area contributed by atoms with Gasteiger partial charge in [-0.1, -0.05) is 6.07 Å². The maximum atomic E-state index is 12.4. The highest BCUT2D eigenvalue weighted by atomic mass is 16.5. The van der Waals surface area contributed by atoms with Gasteiger partial charge in [0.2, 0.25) is 0 Å². The van der Waals surface area contributed by atoms with Crippen molar-refractivity contribution in [2.45, 2.75) is 38.3 Å². The third-order valence-electron chi connectivity index (χ3n) is 3.74. The van der Waals surface area contributed by atoms with E-state index >= 15 is 0 Å². The molecule has 2 rings (SSSR count). The number of piperidine rings is 1. The van der Waals surface area contributed by atoms with Gasteiger partial charge in [-0.25, -0.2) is 4.79 Å². The van der Waals surface area contributed by atoms with E-state index in [9.17, 15) is 4.79 Å². The summed E-state index contributed by atoms with van der Waals surface area (Å²) in [6, 6.07) is 7.39. The number of rotatable bonds is 3. The highest BCUT2D eigenvalue weighted by Gasteiger charge is 2.29. The molecule has 2 amide bonds. The quantitative estimate of drug-likeness (QED) is 0.891. The average molecular weight is 277 g/mol. The molecule has 0 aromatic heterocycles. The zero-order valence-electron chi connectivity index (χ0n) is 12.1. The van der Waals surface area contributed by atoms with Gasteiger partial charge in [-0.15, -0.1) is 0 Å². The molecule has 5 heteroatoms. The zero-order chi connectivity index (χ0) is 14.5. The Balaban J connectivity index is 2.05. The molecule has 0 aliphatic carbocycles. The number of urea groups is 1. The Morgan fingerprint density at radius 3 is 3.00 bits per heavy atom. The maximum Gasteiger partial charge on any atom is 0.322 e. The van der Waals surface area contributed by atoms with E-state index in [-0.39, 0.29) is 18.1 Å². The van der Waals surface area contributed by atoms with Crippen LogP contribution in [0.15, 0.2) is 24.3 Å². The fourth-order valence-corrected chi connectivity index (χ4v) is 2.65. The van der Waals surface area contributed by atoms with E-state index in [4.69, 9.17) is 10.5 Å². The Bertz CT molecular complexity index is 462. The first kappa shape index (κ1) is 14.7. The van der Waals surface area contributed by atoms with Crippen molar-refractivity contribution < 1.29 is 9.53 Å². The van der Waals surface area contributed by atoms with Crippen LogP contribution in [0.5, 0.6) is 5.75 Å². The highest BCUT2D eigenvalue weighted by molar-refractivity contribution is 5.89. The molecule has 2 unspecified atom stereocenters. The minimum Gasteiger partial charge on any atom is -0.497 e. The van der Waals surface area contributed by atoms with Crippen LogP contribution < -0.4 is 15.8 Å². The van der Waals surface area contributed by atoms with Crippen LogP contribution in [0.3, 0.4) is 0 Å². The molecule has 1 aromatic rings. The summed E-state index contributed by atoms with van der Waals surface area (Å²) in [7, 11) is 1.61. The van der Waals surface area contributed by atoms with Gasteiger partial charge in [0, 0.05) is 30.4 Å². The molecule has 0 bridgehead atoms. The van der Waals surface area contributed by atoms with Gasteiger partial charge in [0.1, 0.15) is 5.75 Å². The summed E-state index contributed by atoms with van der Waals surface area (Å²) in [5, 5.41) is 2.92. The highest BCUT2D eigenvalue weighted by Crippen LogP contribution is 2.22. The fourth-order valence-electron chi connectivity index (χ4n) is 2.65. The summed E-state index contributed by atoms with van der Waals surface area (Å²) in [4.78, 5) is 14.3. The normalized spacial score (nSPS) is 20.4. The predicted molar refractivity (Wildman–Crippen MR) is 80.0 cm³/mol. The van der Waals surface area contributed by atoms with E-state index in [1.54, 1.807) is 7.11 Å². The molecule has 1 saturated heterocycles. The van der Waals surface area contributed by atoms with E-state index in [1.807, 2.05) is 36.1 Å². The predicted octanol–water partition coefficient (Wildman–Crippen LogP) is 2.43. The number of carbonyl (C=O) groups excluding carboxylic acids is 1. The number of hydrogen-bond acceptors (Lipinski definition) is 3. The topological polar surface area (TPSA) is 67.6 Å². The van der Waals surface area contributed by atoms with E-state index in [0.29, 0.717) is 0 Å². The lowest BCUT2D eigenvalue weighted by Crippen LogP contribution is -2.53. The SMILES string of the molecule is COc1cccc(NC(=O)N2CCCCC2C(C)N)c1. The number of likely N-dealkylation sites (tertiary alicyclic amines) is 1. The summed E-state index contributed by atoms with van der Waals surface area (Å²) in [5.74, 6) is 0.727. The summed E-state index contributed by atoms with van der Waals surface area (Å²) in [6.07, 6.45) is 3.15. The smallest absolute Gasteiger partial charge is 0.322 e. The number of methoxy groups -OCH3 is 1. The maximum absolute atomic E-state index is 12.4. The van der Waals surface area contributed by atoms with Crippen LogP contribution >= 0.6 is 0 Å². The van der Waals surface area contributed by atoms with Crippen molar-refractivity contribution in [2.75, 3.05) is 19.0 Å². The first-order valence-electron chi connectivity index (χ1n) is 7.09. The van der Waals surface area contributed by atoms with Crippen molar-refractivity contribution >= 4 is 11.7 Å². The van der Waals surface area contributed by atoms with Crippen molar-refractivity contribution in [3.63, 3.8) is 0 Å². The molecular formula is C15H23N3O2. The Morgan fingerprint density at radius 2 is 2.30 bits per heavy atom. The van der Waals surface area contributed by atoms with Crippen LogP contribution in [0, 0.1) is 0 Å². The molecule has 0 radical (unpaired) electrons. The van der Waals surface area contributed by atoms with Crippen molar-refractivity contribution in [3.8, 4) is 5.75 Å². The zero-order valence-corrected chi connectivity index (χ0v) is 12.1. The third-order valence-corrected chi connectivity index (χ3v) is 3.74. The van der Waals surface area contributed by atoms with Gasteiger partial charge in [-0.3, -0.25) is 0 Å². The second kappa shape index (κ2) is 6.61. The van der Waals surface area contributed by atoms with Crippen molar-refractivity contribution in [2.24, 2.45) is 5.73 Å². The summed E-state index contributed by atoms with van der Waals surface area (Å²) >= 11 is 0. The molecule has 2 atom stereocenters. The number of nitrogens with two attached hydrogens (primary N) is 1. The molecule has 1 fully saturated rings.